The smallest absolute Gasteiger partial charge is 0.0716 e. The third kappa shape index (κ3) is 5.02. The predicted molar refractivity (Wildman–Crippen MR) is 206 cm³/mol. The molecule has 0 saturated heterocycles. The molecule has 0 amide bonds. The number of thiophene rings is 1. The molecule has 2 aromatic heterocycles. The van der Waals surface area contributed by atoms with Crippen LogP contribution >= 0.6 is 11.3 Å². The fraction of sp³-hybridized carbons (Fsp3) is 0. The van der Waals surface area contributed by atoms with E-state index in [1.807, 2.05) is 17.5 Å². The number of hydrogen-bond donors (Lipinski definition) is 0. The van der Waals surface area contributed by atoms with Gasteiger partial charge in [-0.3, -0.25) is 4.98 Å². The standard InChI is InChI=1S/C45H30N2S/c1-3-11-31(12-4-1)32-19-21-33(22-20-32)34-23-25-36(26-24-34)47(43-18-10-8-15-38(43)35-13-5-2-6-14-35)37-27-28-44-40(29-37)41-30-46-42-17-9-7-16-39(42)45(41)48-44/h1-30H. The van der Waals surface area contributed by atoms with E-state index in [4.69, 9.17) is 4.98 Å². The largest absolute Gasteiger partial charge is 0.310 e. The van der Waals surface area contributed by atoms with Crippen molar-refractivity contribution >= 4 is 59.5 Å². The van der Waals surface area contributed by atoms with Gasteiger partial charge in [-0.1, -0.05) is 133 Å². The fourth-order valence-corrected chi connectivity index (χ4v) is 7.92. The van der Waals surface area contributed by atoms with Crippen molar-refractivity contribution < 1.29 is 0 Å². The zero-order chi connectivity index (χ0) is 31.9. The van der Waals surface area contributed by atoms with Crippen molar-refractivity contribution in [2.45, 2.75) is 0 Å². The van der Waals surface area contributed by atoms with Crippen molar-refractivity contribution in [3.63, 3.8) is 0 Å². The first-order valence-electron chi connectivity index (χ1n) is 16.2. The molecule has 0 bridgehead atoms. The van der Waals surface area contributed by atoms with E-state index in [9.17, 15) is 0 Å². The molecule has 0 aliphatic heterocycles. The Labute approximate surface area is 283 Å². The van der Waals surface area contributed by atoms with Crippen molar-refractivity contribution in [2.24, 2.45) is 0 Å². The van der Waals surface area contributed by atoms with Gasteiger partial charge in [0.05, 0.1) is 11.2 Å². The van der Waals surface area contributed by atoms with Crippen LogP contribution in [0.15, 0.2) is 182 Å². The Morgan fingerprint density at radius 3 is 1.71 bits per heavy atom. The first kappa shape index (κ1) is 28.2. The van der Waals surface area contributed by atoms with E-state index in [1.54, 1.807) is 0 Å². The van der Waals surface area contributed by atoms with Gasteiger partial charge in [0.25, 0.3) is 0 Å². The van der Waals surface area contributed by atoms with Gasteiger partial charge < -0.3 is 4.90 Å². The van der Waals surface area contributed by atoms with Crippen LogP contribution in [0, 0.1) is 0 Å². The molecule has 3 heteroatoms. The molecule has 0 atom stereocenters. The van der Waals surface area contributed by atoms with Gasteiger partial charge in [0.2, 0.25) is 0 Å². The topological polar surface area (TPSA) is 16.1 Å². The minimum absolute atomic E-state index is 1.03. The highest BCUT2D eigenvalue weighted by Gasteiger charge is 2.19. The number of anilines is 3. The van der Waals surface area contributed by atoms with Crippen molar-refractivity contribution in [3.8, 4) is 33.4 Å². The van der Waals surface area contributed by atoms with E-state index in [0.717, 1.165) is 22.6 Å². The van der Waals surface area contributed by atoms with Crippen LogP contribution < -0.4 is 4.90 Å². The summed E-state index contributed by atoms with van der Waals surface area (Å²) in [4.78, 5) is 7.22. The van der Waals surface area contributed by atoms with Crippen molar-refractivity contribution in [3.05, 3.63) is 182 Å². The lowest BCUT2D eigenvalue weighted by atomic mass is 9.99. The Morgan fingerprint density at radius 1 is 0.417 bits per heavy atom. The molecule has 0 spiro atoms. The molecular weight excluding hydrogens is 601 g/mol. The van der Waals surface area contributed by atoms with Gasteiger partial charge in [-0.05, 0) is 70.3 Å². The van der Waals surface area contributed by atoms with E-state index in [1.165, 1.54) is 58.9 Å². The van der Waals surface area contributed by atoms with Crippen molar-refractivity contribution in [1.82, 2.24) is 4.98 Å². The molecule has 0 saturated carbocycles. The number of nitrogens with zero attached hydrogens (tertiary/aromatic N) is 2. The van der Waals surface area contributed by atoms with Crippen LogP contribution in [0.2, 0.25) is 0 Å². The van der Waals surface area contributed by atoms with Gasteiger partial charge >= 0.3 is 0 Å². The molecule has 7 aromatic carbocycles. The Kier molecular flexibility index (Phi) is 7.03. The molecule has 9 rings (SSSR count). The Hall–Kier alpha value is -6.03. The van der Waals surface area contributed by atoms with Crippen molar-refractivity contribution in [1.29, 1.82) is 0 Å². The molecule has 2 heterocycles. The minimum Gasteiger partial charge on any atom is -0.310 e. The third-order valence-corrected chi connectivity index (χ3v) is 10.4. The highest BCUT2D eigenvalue weighted by Crippen LogP contribution is 2.45. The van der Waals surface area contributed by atoms with E-state index < -0.39 is 0 Å². The van der Waals surface area contributed by atoms with E-state index in [-0.39, 0.29) is 0 Å². The van der Waals surface area contributed by atoms with Gasteiger partial charge in [0, 0.05) is 48.7 Å². The second-order valence-corrected chi connectivity index (χ2v) is 13.1. The van der Waals surface area contributed by atoms with Crippen LogP contribution in [0.4, 0.5) is 17.1 Å². The number of para-hydroxylation sites is 2. The highest BCUT2D eigenvalue weighted by atomic mass is 32.1. The third-order valence-electron chi connectivity index (χ3n) is 9.13. The Morgan fingerprint density at radius 2 is 0.979 bits per heavy atom. The number of aromatic nitrogens is 1. The SMILES string of the molecule is c1ccc(-c2ccc(-c3ccc(N(c4ccc5sc6c7ccccc7ncc6c5c4)c4ccccc4-c4ccccc4)cc3)cc2)cc1. The number of rotatable bonds is 6. The van der Waals surface area contributed by atoms with Crippen molar-refractivity contribution in [2.75, 3.05) is 4.90 Å². The van der Waals surface area contributed by atoms with Crippen LogP contribution in [-0.2, 0) is 0 Å². The number of pyridine rings is 1. The summed E-state index contributed by atoms with van der Waals surface area (Å²) in [6.07, 6.45) is 2.04. The molecule has 0 aliphatic rings. The van der Waals surface area contributed by atoms with Crippen LogP contribution in [0.5, 0.6) is 0 Å². The highest BCUT2D eigenvalue weighted by molar-refractivity contribution is 7.26. The molecule has 2 nitrogen and oxygen atoms in total. The molecule has 0 unspecified atom stereocenters. The summed E-state index contributed by atoms with van der Waals surface area (Å²) in [6, 6.07) is 63.0. The van der Waals surface area contributed by atoms with Gasteiger partial charge in [-0.2, -0.15) is 0 Å². The van der Waals surface area contributed by atoms with Gasteiger partial charge in [-0.25, -0.2) is 0 Å². The van der Waals surface area contributed by atoms with E-state index in [0.29, 0.717) is 0 Å². The van der Waals surface area contributed by atoms with Crippen LogP contribution in [-0.4, -0.2) is 4.98 Å². The number of benzene rings is 7. The molecule has 0 fully saturated rings. The average molecular weight is 631 g/mol. The summed E-state index contributed by atoms with van der Waals surface area (Å²) in [7, 11) is 0. The normalized spacial score (nSPS) is 11.3. The second-order valence-electron chi connectivity index (χ2n) is 12.0. The molecule has 0 aliphatic carbocycles. The zero-order valence-corrected chi connectivity index (χ0v) is 26.9. The first-order valence-corrected chi connectivity index (χ1v) is 17.0. The molecule has 0 N–H and O–H groups in total. The summed E-state index contributed by atoms with van der Waals surface area (Å²) < 4.78 is 2.55. The summed E-state index contributed by atoms with van der Waals surface area (Å²) in [5.41, 5.74) is 11.6. The van der Waals surface area contributed by atoms with Crippen LogP contribution in [0.1, 0.15) is 0 Å². The summed E-state index contributed by atoms with van der Waals surface area (Å²) in [5, 5.41) is 3.63. The lowest BCUT2D eigenvalue weighted by molar-refractivity contribution is 1.29. The maximum atomic E-state index is 4.83. The lowest BCUT2D eigenvalue weighted by Crippen LogP contribution is -2.11. The van der Waals surface area contributed by atoms with Gasteiger partial charge in [0.1, 0.15) is 0 Å². The fourth-order valence-electron chi connectivity index (χ4n) is 6.73. The van der Waals surface area contributed by atoms with E-state index >= 15 is 0 Å². The molecule has 9 aromatic rings. The molecular formula is C45H30N2S. The van der Waals surface area contributed by atoms with Gasteiger partial charge in [0.15, 0.2) is 0 Å². The Bertz CT molecular complexity index is 2540. The van der Waals surface area contributed by atoms with Crippen LogP contribution in [0.3, 0.4) is 0 Å². The lowest BCUT2D eigenvalue weighted by Gasteiger charge is -2.28. The van der Waals surface area contributed by atoms with Crippen LogP contribution in [0.25, 0.3) is 64.5 Å². The summed E-state index contributed by atoms with van der Waals surface area (Å²) in [5.74, 6) is 0. The average Bonchev–Trinajstić information content (AvgIpc) is 3.55. The second kappa shape index (κ2) is 12.0. The monoisotopic (exact) mass is 630 g/mol. The van der Waals surface area contributed by atoms with Gasteiger partial charge in [-0.15, -0.1) is 11.3 Å². The summed E-state index contributed by atoms with van der Waals surface area (Å²) in [6.45, 7) is 0. The zero-order valence-electron chi connectivity index (χ0n) is 26.1. The first-order chi connectivity index (χ1) is 23.8. The predicted octanol–water partition coefficient (Wildman–Crippen LogP) is 13.1. The quantitative estimate of drug-likeness (QED) is 0.182. The Balaban J connectivity index is 1.17. The molecule has 0 radical (unpaired) electrons. The molecule has 48 heavy (non-hydrogen) atoms. The molecule has 226 valence electrons. The van der Waals surface area contributed by atoms with E-state index in [2.05, 4.69) is 181 Å². The number of fused-ring (bicyclic) bond motifs is 5. The minimum atomic E-state index is 1.03. The maximum Gasteiger partial charge on any atom is 0.0716 e. The maximum absolute atomic E-state index is 4.83. The number of hydrogen-bond acceptors (Lipinski definition) is 3. The summed E-state index contributed by atoms with van der Waals surface area (Å²) >= 11 is 1.84.